The average Bonchev–Trinajstić information content (AvgIpc) is 2.73. The number of nitriles is 1. The molecular formula is C22H21N5O. The van der Waals surface area contributed by atoms with Gasteiger partial charge in [-0.2, -0.15) is 5.26 Å². The normalized spacial score (nSPS) is 10.4. The zero-order chi connectivity index (χ0) is 19.9. The number of amides is 1. The summed E-state index contributed by atoms with van der Waals surface area (Å²) in [5.41, 5.74) is 2.65. The van der Waals surface area contributed by atoms with Gasteiger partial charge < -0.3 is 10.2 Å². The van der Waals surface area contributed by atoms with Crippen molar-refractivity contribution in [2.24, 2.45) is 0 Å². The number of hydrogen-bond acceptors (Lipinski definition) is 5. The summed E-state index contributed by atoms with van der Waals surface area (Å²) >= 11 is 0. The average molecular weight is 371 g/mol. The summed E-state index contributed by atoms with van der Waals surface area (Å²) in [5.74, 6) is 0.343. The first-order chi connectivity index (χ1) is 13.6. The highest BCUT2D eigenvalue weighted by molar-refractivity contribution is 5.92. The first kappa shape index (κ1) is 19.1. The molecule has 0 aliphatic rings. The van der Waals surface area contributed by atoms with Gasteiger partial charge in [0.15, 0.2) is 0 Å². The summed E-state index contributed by atoms with van der Waals surface area (Å²) in [4.78, 5) is 23.3. The Balaban J connectivity index is 1.73. The van der Waals surface area contributed by atoms with E-state index in [1.165, 1.54) is 12.4 Å². The summed E-state index contributed by atoms with van der Waals surface area (Å²) < 4.78 is 0. The van der Waals surface area contributed by atoms with Crippen LogP contribution in [0.3, 0.4) is 0 Å². The molecule has 3 rings (SSSR count). The van der Waals surface area contributed by atoms with E-state index in [2.05, 4.69) is 21.4 Å². The number of carbonyl (C=O) groups excluding carboxylic acids is 1. The zero-order valence-corrected chi connectivity index (χ0v) is 15.8. The minimum absolute atomic E-state index is 0.0287. The Morgan fingerprint density at radius 2 is 1.89 bits per heavy atom. The third kappa shape index (κ3) is 4.71. The smallest absolute Gasteiger partial charge is 0.274 e. The van der Waals surface area contributed by atoms with Gasteiger partial charge in [0.2, 0.25) is 0 Å². The van der Waals surface area contributed by atoms with Crippen molar-refractivity contribution in [2.75, 3.05) is 5.32 Å². The maximum absolute atomic E-state index is 12.9. The fourth-order valence-corrected chi connectivity index (χ4v) is 2.73. The fraction of sp³-hybridized carbons (Fsp3) is 0.182. The molecule has 28 heavy (non-hydrogen) atoms. The van der Waals surface area contributed by atoms with E-state index >= 15 is 0 Å². The zero-order valence-electron chi connectivity index (χ0n) is 15.8. The van der Waals surface area contributed by atoms with E-state index in [4.69, 9.17) is 5.26 Å². The maximum atomic E-state index is 12.9. The lowest BCUT2D eigenvalue weighted by atomic mass is 10.2. The molecule has 140 valence electrons. The van der Waals surface area contributed by atoms with Crippen molar-refractivity contribution in [3.8, 4) is 6.07 Å². The van der Waals surface area contributed by atoms with Crippen molar-refractivity contribution in [1.82, 2.24) is 14.9 Å². The Morgan fingerprint density at radius 3 is 2.54 bits per heavy atom. The highest BCUT2D eigenvalue weighted by Gasteiger charge is 2.20. The van der Waals surface area contributed by atoms with Crippen molar-refractivity contribution < 1.29 is 4.79 Å². The molecule has 0 saturated heterocycles. The number of nitrogens with one attached hydrogen (secondary N) is 1. The number of rotatable bonds is 6. The van der Waals surface area contributed by atoms with Gasteiger partial charge >= 0.3 is 0 Å². The molecule has 1 amide bonds. The first-order valence-electron chi connectivity index (χ1n) is 9.01. The summed E-state index contributed by atoms with van der Waals surface area (Å²) in [5, 5.41) is 12.1. The molecule has 0 bridgehead atoms. The van der Waals surface area contributed by atoms with E-state index in [0.29, 0.717) is 23.6 Å². The Kier molecular flexibility index (Phi) is 5.97. The molecule has 0 saturated carbocycles. The molecule has 1 N–H and O–H groups in total. The van der Waals surface area contributed by atoms with Crippen molar-refractivity contribution in [3.05, 3.63) is 83.8 Å². The molecule has 0 atom stereocenters. The van der Waals surface area contributed by atoms with Gasteiger partial charge in [-0.3, -0.25) is 4.79 Å². The van der Waals surface area contributed by atoms with E-state index in [-0.39, 0.29) is 11.9 Å². The number of benzene rings is 2. The maximum Gasteiger partial charge on any atom is 0.274 e. The molecule has 0 radical (unpaired) electrons. The quantitative estimate of drug-likeness (QED) is 0.704. The highest BCUT2D eigenvalue weighted by Crippen LogP contribution is 2.16. The topological polar surface area (TPSA) is 81.9 Å². The van der Waals surface area contributed by atoms with Gasteiger partial charge in [0.25, 0.3) is 5.91 Å². The Labute approximate surface area is 164 Å². The van der Waals surface area contributed by atoms with Gasteiger partial charge in [-0.1, -0.05) is 36.4 Å². The summed E-state index contributed by atoms with van der Waals surface area (Å²) in [7, 11) is 0. The molecule has 6 heteroatoms. The van der Waals surface area contributed by atoms with Crippen LogP contribution < -0.4 is 5.32 Å². The largest absolute Gasteiger partial charge is 0.339 e. The molecule has 0 aliphatic heterocycles. The van der Waals surface area contributed by atoms with Crippen LogP contribution in [0.25, 0.3) is 0 Å². The second-order valence-corrected chi connectivity index (χ2v) is 6.62. The van der Waals surface area contributed by atoms with Crippen LogP contribution in [0, 0.1) is 11.3 Å². The van der Waals surface area contributed by atoms with Crippen LogP contribution in [0.1, 0.15) is 35.5 Å². The van der Waals surface area contributed by atoms with Crippen molar-refractivity contribution in [1.29, 1.82) is 5.26 Å². The van der Waals surface area contributed by atoms with Crippen molar-refractivity contribution in [2.45, 2.75) is 26.4 Å². The van der Waals surface area contributed by atoms with Crippen LogP contribution >= 0.6 is 0 Å². The van der Waals surface area contributed by atoms with Crippen LogP contribution in [-0.4, -0.2) is 26.8 Å². The van der Waals surface area contributed by atoms with E-state index in [0.717, 1.165) is 11.3 Å². The number of nitrogens with zero attached hydrogens (tertiary/aromatic N) is 4. The molecule has 6 nitrogen and oxygen atoms in total. The van der Waals surface area contributed by atoms with Gasteiger partial charge in [-0.25, -0.2) is 9.97 Å². The second kappa shape index (κ2) is 8.78. The predicted octanol–water partition coefficient (Wildman–Crippen LogP) is 4.14. The number of hydrogen-bond donors (Lipinski definition) is 1. The molecule has 1 aromatic heterocycles. The lowest BCUT2D eigenvalue weighted by Crippen LogP contribution is -2.36. The van der Waals surface area contributed by atoms with Crippen LogP contribution in [0.2, 0.25) is 0 Å². The van der Waals surface area contributed by atoms with Crippen LogP contribution in [0.15, 0.2) is 67.0 Å². The molecule has 0 spiro atoms. The lowest BCUT2D eigenvalue weighted by Gasteiger charge is -2.26. The van der Waals surface area contributed by atoms with E-state index in [9.17, 15) is 4.79 Å². The first-order valence-corrected chi connectivity index (χ1v) is 9.01. The van der Waals surface area contributed by atoms with Gasteiger partial charge in [0, 0.05) is 18.3 Å². The predicted molar refractivity (Wildman–Crippen MR) is 108 cm³/mol. The van der Waals surface area contributed by atoms with E-state index in [1.54, 1.807) is 23.1 Å². The third-order valence-corrected chi connectivity index (χ3v) is 4.21. The number of aromatic nitrogens is 2. The number of carbonyl (C=O) groups is 1. The molecule has 1 heterocycles. The van der Waals surface area contributed by atoms with Crippen LogP contribution in [0.4, 0.5) is 11.5 Å². The molecule has 3 aromatic rings. The van der Waals surface area contributed by atoms with Gasteiger partial charge in [-0.15, -0.1) is 0 Å². The minimum Gasteiger partial charge on any atom is -0.339 e. The van der Waals surface area contributed by atoms with Crippen LogP contribution in [0.5, 0.6) is 0 Å². The van der Waals surface area contributed by atoms with Gasteiger partial charge in [-0.05, 0) is 37.6 Å². The Morgan fingerprint density at radius 1 is 1.11 bits per heavy atom. The molecular weight excluding hydrogens is 350 g/mol. The van der Waals surface area contributed by atoms with Gasteiger partial charge in [0.05, 0.1) is 24.0 Å². The van der Waals surface area contributed by atoms with E-state index in [1.807, 2.05) is 50.2 Å². The molecule has 0 unspecified atom stereocenters. The Bertz CT molecular complexity index is 978. The minimum atomic E-state index is -0.163. The summed E-state index contributed by atoms with van der Waals surface area (Å²) in [6.45, 7) is 4.47. The Hall–Kier alpha value is -3.72. The van der Waals surface area contributed by atoms with E-state index < -0.39 is 0 Å². The molecule has 2 aromatic carbocycles. The summed E-state index contributed by atoms with van der Waals surface area (Å²) in [6.07, 6.45) is 2.99. The third-order valence-electron chi connectivity index (χ3n) is 4.21. The van der Waals surface area contributed by atoms with Crippen LogP contribution in [-0.2, 0) is 6.54 Å². The lowest BCUT2D eigenvalue weighted by molar-refractivity contribution is 0.0684. The monoisotopic (exact) mass is 371 g/mol. The summed E-state index contributed by atoms with van der Waals surface area (Å²) in [6, 6.07) is 19.1. The standard InChI is InChI=1S/C22H21N5O/c1-16(2)27(15-17-7-4-3-5-8-17)22(28)20-13-25-21(14-24-20)26-19-10-6-9-18(11-19)12-23/h3-11,13-14,16H,15H2,1-2H3,(H,25,26). The molecule has 0 aliphatic carbocycles. The fourth-order valence-electron chi connectivity index (χ4n) is 2.73. The van der Waals surface area contributed by atoms with Crippen molar-refractivity contribution in [3.63, 3.8) is 0 Å². The number of anilines is 2. The second-order valence-electron chi connectivity index (χ2n) is 6.62. The molecule has 0 fully saturated rings. The SMILES string of the molecule is CC(C)N(Cc1ccccc1)C(=O)c1cnc(Nc2cccc(C#N)c2)cn1. The van der Waals surface area contributed by atoms with Gasteiger partial charge in [0.1, 0.15) is 11.5 Å². The van der Waals surface area contributed by atoms with Crippen molar-refractivity contribution >= 4 is 17.4 Å². The highest BCUT2D eigenvalue weighted by atomic mass is 16.2.